The lowest BCUT2D eigenvalue weighted by molar-refractivity contribution is 0.0924. The Morgan fingerprint density at radius 1 is 1.22 bits per heavy atom. The molecule has 32 heavy (non-hydrogen) atoms. The molecular formula is C20H27ClFN5O3S2. The summed E-state index contributed by atoms with van der Waals surface area (Å²) in [7, 11) is -2.37. The van der Waals surface area contributed by atoms with Crippen molar-refractivity contribution < 1.29 is 17.5 Å². The van der Waals surface area contributed by atoms with E-state index in [-0.39, 0.29) is 33.2 Å². The standard InChI is InChI=1S/C20H27ClFN5O3S2/c1-20(2,3)26-8-10-27(11-9-26)32(28,29)25-16-12-17(30-4)24-19(23-16)31-13-14-6-5-7-15(21)18(14)22/h5-7,12H,8-11,13H2,1-4H3,(H,23,24,25). The molecule has 0 unspecified atom stereocenters. The predicted molar refractivity (Wildman–Crippen MR) is 125 cm³/mol. The number of piperazine rings is 1. The molecule has 3 rings (SSSR count). The monoisotopic (exact) mass is 503 g/mol. The highest BCUT2D eigenvalue weighted by Crippen LogP contribution is 2.27. The van der Waals surface area contributed by atoms with E-state index < -0.39 is 16.0 Å². The maximum absolute atomic E-state index is 14.1. The van der Waals surface area contributed by atoms with Gasteiger partial charge in [-0.2, -0.15) is 17.7 Å². The first kappa shape index (κ1) is 25.0. The molecule has 2 heterocycles. The van der Waals surface area contributed by atoms with Gasteiger partial charge in [-0.3, -0.25) is 9.62 Å². The molecule has 1 aromatic heterocycles. The molecule has 176 valence electrons. The third-order valence-electron chi connectivity index (χ3n) is 5.04. The zero-order valence-corrected chi connectivity index (χ0v) is 20.8. The number of ether oxygens (including phenoxy) is 1. The van der Waals surface area contributed by atoms with Gasteiger partial charge in [0, 0.05) is 43.5 Å². The summed E-state index contributed by atoms with van der Waals surface area (Å²) in [5.74, 6) is 0.00826. The average molecular weight is 504 g/mol. The number of anilines is 1. The van der Waals surface area contributed by atoms with Crippen LogP contribution in [0.25, 0.3) is 0 Å². The minimum absolute atomic E-state index is 0.0160. The quantitative estimate of drug-likeness (QED) is 0.456. The molecule has 0 atom stereocenters. The summed E-state index contributed by atoms with van der Waals surface area (Å²) in [6.45, 7) is 8.37. The number of hydrogen-bond donors (Lipinski definition) is 1. The van der Waals surface area contributed by atoms with Gasteiger partial charge in [0.15, 0.2) is 5.16 Å². The number of nitrogens with zero attached hydrogens (tertiary/aromatic N) is 4. The number of benzene rings is 1. The smallest absolute Gasteiger partial charge is 0.302 e. The van der Waals surface area contributed by atoms with E-state index in [1.165, 1.54) is 23.5 Å². The summed E-state index contributed by atoms with van der Waals surface area (Å²) in [4.78, 5) is 10.7. The lowest BCUT2D eigenvalue weighted by atomic mass is 10.1. The van der Waals surface area contributed by atoms with Gasteiger partial charge in [-0.1, -0.05) is 35.5 Å². The van der Waals surface area contributed by atoms with Crippen molar-refractivity contribution in [2.24, 2.45) is 0 Å². The van der Waals surface area contributed by atoms with Gasteiger partial charge in [-0.25, -0.2) is 9.37 Å². The Hall–Kier alpha value is -1.66. The van der Waals surface area contributed by atoms with E-state index in [2.05, 4.69) is 40.4 Å². The second-order valence-corrected chi connectivity index (χ2v) is 11.3. The average Bonchev–Trinajstić information content (AvgIpc) is 2.73. The van der Waals surface area contributed by atoms with Crippen LogP contribution in [0.3, 0.4) is 0 Å². The van der Waals surface area contributed by atoms with Crippen molar-refractivity contribution in [3.63, 3.8) is 0 Å². The summed E-state index contributed by atoms with van der Waals surface area (Å²) >= 11 is 6.98. The van der Waals surface area contributed by atoms with Crippen LogP contribution < -0.4 is 9.46 Å². The molecule has 1 N–H and O–H groups in total. The maximum atomic E-state index is 14.1. The van der Waals surface area contributed by atoms with E-state index in [0.717, 1.165) is 11.8 Å². The normalized spacial score (nSPS) is 16.2. The highest BCUT2D eigenvalue weighted by molar-refractivity contribution is 7.98. The van der Waals surface area contributed by atoms with Gasteiger partial charge in [0.05, 0.1) is 12.1 Å². The Morgan fingerprint density at radius 2 is 1.91 bits per heavy atom. The van der Waals surface area contributed by atoms with Gasteiger partial charge in [-0.05, 0) is 32.4 Å². The molecule has 1 aromatic carbocycles. The van der Waals surface area contributed by atoms with Crippen molar-refractivity contribution in [2.75, 3.05) is 38.0 Å². The summed E-state index contributed by atoms with van der Waals surface area (Å²) in [5, 5.41) is 0.286. The number of aromatic nitrogens is 2. The molecule has 1 fully saturated rings. The minimum Gasteiger partial charge on any atom is -0.481 e. The highest BCUT2D eigenvalue weighted by atomic mass is 35.5. The number of hydrogen-bond acceptors (Lipinski definition) is 7. The summed E-state index contributed by atoms with van der Waals surface area (Å²) in [5.41, 5.74) is 0.380. The first-order valence-electron chi connectivity index (χ1n) is 10.0. The van der Waals surface area contributed by atoms with Gasteiger partial charge in [-0.15, -0.1) is 0 Å². The van der Waals surface area contributed by atoms with Crippen LogP contribution in [-0.4, -0.2) is 66.4 Å². The molecule has 1 saturated heterocycles. The molecule has 0 saturated carbocycles. The van der Waals surface area contributed by atoms with Crippen LogP contribution >= 0.6 is 23.4 Å². The molecule has 2 aromatic rings. The zero-order chi connectivity index (χ0) is 23.5. The zero-order valence-electron chi connectivity index (χ0n) is 18.4. The Labute approximate surface area is 197 Å². The van der Waals surface area contributed by atoms with Crippen LogP contribution in [0.5, 0.6) is 5.88 Å². The van der Waals surface area contributed by atoms with E-state index >= 15 is 0 Å². The van der Waals surface area contributed by atoms with Crippen LogP contribution in [0.1, 0.15) is 26.3 Å². The molecular weight excluding hydrogens is 477 g/mol. The number of nitrogens with one attached hydrogen (secondary N) is 1. The molecule has 0 amide bonds. The number of rotatable bonds is 7. The van der Waals surface area contributed by atoms with Crippen molar-refractivity contribution in [1.82, 2.24) is 19.2 Å². The summed E-state index contributed by atoms with van der Waals surface area (Å²) in [6.07, 6.45) is 0. The van der Waals surface area contributed by atoms with E-state index in [0.29, 0.717) is 31.7 Å². The Morgan fingerprint density at radius 3 is 2.53 bits per heavy atom. The molecule has 0 spiro atoms. The lowest BCUT2D eigenvalue weighted by Crippen LogP contribution is -2.55. The second-order valence-electron chi connectivity index (χ2n) is 8.24. The largest absolute Gasteiger partial charge is 0.481 e. The summed E-state index contributed by atoms with van der Waals surface area (Å²) in [6, 6.07) is 6.16. The van der Waals surface area contributed by atoms with Gasteiger partial charge >= 0.3 is 10.2 Å². The predicted octanol–water partition coefficient (Wildman–Crippen LogP) is 3.64. The number of thioether (sulfide) groups is 1. The Bertz CT molecular complexity index is 1060. The minimum atomic E-state index is -3.80. The first-order valence-corrected chi connectivity index (χ1v) is 12.8. The van der Waals surface area contributed by atoms with Gasteiger partial charge < -0.3 is 4.74 Å². The number of halogens is 2. The van der Waals surface area contributed by atoms with Crippen LogP contribution in [0, 0.1) is 5.82 Å². The van der Waals surface area contributed by atoms with Gasteiger partial charge in [0.1, 0.15) is 11.6 Å². The van der Waals surface area contributed by atoms with Gasteiger partial charge in [0.25, 0.3) is 0 Å². The SMILES string of the molecule is COc1cc(NS(=O)(=O)N2CCN(C(C)(C)C)CC2)nc(SCc2cccc(Cl)c2F)n1. The lowest BCUT2D eigenvalue weighted by Gasteiger charge is -2.41. The van der Waals surface area contributed by atoms with Crippen LogP contribution in [0.4, 0.5) is 10.2 Å². The molecule has 1 aliphatic rings. The second kappa shape index (κ2) is 10.1. The van der Waals surface area contributed by atoms with Crippen molar-refractivity contribution in [2.45, 2.75) is 37.2 Å². The molecule has 0 bridgehead atoms. The van der Waals surface area contributed by atoms with Crippen molar-refractivity contribution in [3.05, 3.63) is 40.7 Å². The fraction of sp³-hybridized carbons (Fsp3) is 0.500. The molecule has 1 aliphatic heterocycles. The highest BCUT2D eigenvalue weighted by Gasteiger charge is 2.31. The van der Waals surface area contributed by atoms with Crippen LogP contribution in [0.2, 0.25) is 5.02 Å². The molecule has 8 nitrogen and oxygen atoms in total. The van der Waals surface area contributed by atoms with E-state index in [1.54, 1.807) is 12.1 Å². The molecule has 0 radical (unpaired) electrons. The van der Waals surface area contributed by atoms with E-state index in [9.17, 15) is 12.8 Å². The molecule has 12 heteroatoms. The topological polar surface area (TPSA) is 87.7 Å². The Balaban J connectivity index is 1.71. The van der Waals surface area contributed by atoms with Crippen LogP contribution in [-0.2, 0) is 16.0 Å². The van der Waals surface area contributed by atoms with Gasteiger partial charge in [0.2, 0.25) is 5.88 Å². The van der Waals surface area contributed by atoms with Crippen LogP contribution in [0.15, 0.2) is 29.4 Å². The first-order chi connectivity index (χ1) is 15.0. The molecule has 0 aliphatic carbocycles. The van der Waals surface area contributed by atoms with Crippen molar-refractivity contribution in [1.29, 1.82) is 0 Å². The summed E-state index contributed by atoms with van der Waals surface area (Å²) < 4.78 is 49.1. The fourth-order valence-corrected chi connectivity index (χ4v) is 5.38. The third kappa shape index (κ3) is 6.22. The van der Waals surface area contributed by atoms with Crippen molar-refractivity contribution >= 4 is 39.4 Å². The Kier molecular flexibility index (Phi) is 7.87. The fourth-order valence-electron chi connectivity index (χ4n) is 3.22. The maximum Gasteiger partial charge on any atom is 0.302 e. The van der Waals surface area contributed by atoms with Crippen molar-refractivity contribution in [3.8, 4) is 5.88 Å². The van der Waals surface area contributed by atoms with E-state index in [1.807, 2.05) is 0 Å². The third-order valence-corrected chi connectivity index (χ3v) is 7.74. The van der Waals surface area contributed by atoms with E-state index in [4.69, 9.17) is 16.3 Å². The number of methoxy groups -OCH3 is 1.